The molecule has 1 amide bonds. The number of esters is 1. The number of methoxy groups -OCH3 is 1. The molecule has 15 heavy (non-hydrogen) atoms. The van der Waals surface area contributed by atoms with Crippen LogP contribution in [0.4, 0.5) is 0 Å². The Hall–Kier alpha value is -0.620. The molecule has 1 atom stereocenters. The first-order valence-corrected chi connectivity index (χ1v) is 5.61. The van der Waals surface area contributed by atoms with Crippen LogP contribution in [0, 0.1) is 0 Å². The summed E-state index contributed by atoms with van der Waals surface area (Å²) in [5, 5.41) is 2.53. The maximum absolute atomic E-state index is 11.1. The Morgan fingerprint density at radius 1 is 1.53 bits per heavy atom. The van der Waals surface area contributed by atoms with E-state index in [-0.39, 0.29) is 18.4 Å². The highest BCUT2D eigenvalue weighted by molar-refractivity contribution is 9.10. The molecule has 0 heterocycles. The van der Waals surface area contributed by atoms with E-state index in [0.29, 0.717) is 13.1 Å². The third-order valence-electron chi connectivity index (χ3n) is 1.97. The molecule has 5 nitrogen and oxygen atoms in total. The molecule has 0 aliphatic rings. The van der Waals surface area contributed by atoms with Crippen LogP contribution in [-0.4, -0.2) is 55.4 Å². The van der Waals surface area contributed by atoms with Crippen molar-refractivity contribution in [2.45, 2.75) is 11.8 Å². The molecule has 0 radical (unpaired) electrons. The van der Waals surface area contributed by atoms with Crippen molar-refractivity contribution in [1.82, 2.24) is 10.2 Å². The molecule has 1 unspecified atom stereocenters. The molecule has 0 rings (SSSR count). The fourth-order valence-corrected chi connectivity index (χ4v) is 1.61. The van der Waals surface area contributed by atoms with Gasteiger partial charge >= 0.3 is 5.97 Å². The van der Waals surface area contributed by atoms with Crippen molar-refractivity contribution in [3.05, 3.63) is 0 Å². The first-order chi connectivity index (χ1) is 7.04. The highest BCUT2D eigenvalue weighted by Crippen LogP contribution is 2.04. The van der Waals surface area contributed by atoms with Crippen LogP contribution < -0.4 is 5.32 Å². The number of hydrogen-bond donors (Lipinski definition) is 1. The molecule has 0 aliphatic heterocycles. The van der Waals surface area contributed by atoms with Crippen LogP contribution in [0.3, 0.4) is 0 Å². The van der Waals surface area contributed by atoms with E-state index in [1.54, 1.807) is 7.05 Å². The van der Waals surface area contributed by atoms with Crippen LogP contribution >= 0.6 is 15.9 Å². The Labute approximate surface area is 98.3 Å². The molecule has 0 saturated carbocycles. The van der Waals surface area contributed by atoms with E-state index < -0.39 is 4.83 Å². The molecule has 0 fully saturated rings. The quantitative estimate of drug-likeness (QED) is 0.549. The highest BCUT2D eigenvalue weighted by Gasteiger charge is 2.19. The van der Waals surface area contributed by atoms with Crippen LogP contribution in [0.25, 0.3) is 0 Å². The number of carbonyl (C=O) groups is 2. The average molecular weight is 281 g/mol. The van der Waals surface area contributed by atoms with Gasteiger partial charge in [-0.05, 0) is 6.54 Å². The molecule has 0 aromatic rings. The Bertz CT molecular complexity index is 223. The minimum Gasteiger partial charge on any atom is -0.468 e. The number of nitrogens with one attached hydrogen (secondary N) is 1. The SMILES string of the molecule is CCN(CC(=O)NC)CC(Br)C(=O)OC. The third-order valence-corrected chi connectivity index (χ3v) is 2.63. The monoisotopic (exact) mass is 280 g/mol. The molecule has 88 valence electrons. The predicted molar refractivity (Wildman–Crippen MR) is 60.9 cm³/mol. The Morgan fingerprint density at radius 2 is 2.13 bits per heavy atom. The van der Waals surface area contributed by atoms with E-state index in [1.807, 2.05) is 11.8 Å². The van der Waals surface area contributed by atoms with Gasteiger partial charge in [-0.3, -0.25) is 14.5 Å². The number of likely N-dealkylation sites (N-methyl/N-ethyl adjacent to an activating group) is 2. The van der Waals surface area contributed by atoms with Crippen molar-refractivity contribution in [3.63, 3.8) is 0 Å². The maximum atomic E-state index is 11.1. The van der Waals surface area contributed by atoms with Crippen molar-refractivity contribution >= 4 is 27.8 Å². The highest BCUT2D eigenvalue weighted by atomic mass is 79.9. The second-order valence-corrected chi connectivity index (χ2v) is 4.10. The maximum Gasteiger partial charge on any atom is 0.320 e. The third kappa shape index (κ3) is 5.74. The first-order valence-electron chi connectivity index (χ1n) is 4.70. The summed E-state index contributed by atoms with van der Waals surface area (Å²) in [7, 11) is 2.92. The molecule has 0 spiro atoms. The number of halogens is 1. The summed E-state index contributed by atoms with van der Waals surface area (Å²) in [6.07, 6.45) is 0. The predicted octanol–water partition coefficient (Wildman–Crippen LogP) is -0.00920. The Kier molecular flexibility index (Phi) is 7.33. The first kappa shape index (κ1) is 14.4. The molecule has 0 aromatic carbocycles. The number of ether oxygens (including phenoxy) is 1. The van der Waals surface area contributed by atoms with Crippen LogP contribution in [0.15, 0.2) is 0 Å². The van der Waals surface area contributed by atoms with Gasteiger partial charge in [0.15, 0.2) is 0 Å². The fourth-order valence-electron chi connectivity index (χ4n) is 1.02. The van der Waals surface area contributed by atoms with Gasteiger partial charge in [0.1, 0.15) is 4.83 Å². The van der Waals surface area contributed by atoms with E-state index >= 15 is 0 Å². The van der Waals surface area contributed by atoms with Gasteiger partial charge in [0, 0.05) is 13.6 Å². The van der Waals surface area contributed by atoms with Crippen LogP contribution in [-0.2, 0) is 14.3 Å². The molecule has 0 bridgehead atoms. The second-order valence-electron chi connectivity index (χ2n) is 2.99. The Morgan fingerprint density at radius 3 is 2.53 bits per heavy atom. The molecule has 1 N–H and O–H groups in total. The topological polar surface area (TPSA) is 58.6 Å². The Balaban J connectivity index is 4.09. The molecular formula is C9H17BrN2O3. The summed E-state index contributed by atoms with van der Waals surface area (Å²) in [5.41, 5.74) is 0. The van der Waals surface area contributed by atoms with Gasteiger partial charge in [-0.25, -0.2) is 0 Å². The van der Waals surface area contributed by atoms with Gasteiger partial charge in [-0.1, -0.05) is 22.9 Å². The summed E-state index contributed by atoms with van der Waals surface area (Å²) in [6, 6.07) is 0. The van der Waals surface area contributed by atoms with Gasteiger partial charge < -0.3 is 10.1 Å². The normalized spacial score (nSPS) is 12.3. The average Bonchev–Trinajstić information content (AvgIpc) is 2.26. The zero-order valence-corrected chi connectivity index (χ0v) is 10.8. The van der Waals surface area contributed by atoms with E-state index in [9.17, 15) is 9.59 Å². The number of alkyl halides is 1. The zero-order chi connectivity index (χ0) is 11.8. The number of amides is 1. The van der Waals surface area contributed by atoms with Crippen LogP contribution in [0.5, 0.6) is 0 Å². The molecule has 0 saturated heterocycles. The van der Waals surface area contributed by atoms with Crippen LogP contribution in [0.1, 0.15) is 6.92 Å². The number of nitrogens with zero attached hydrogens (tertiary/aromatic N) is 1. The van der Waals surface area contributed by atoms with Crippen molar-refractivity contribution < 1.29 is 14.3 Å². The lowest BCUT2D eigenvalue weighted by atomic mass is 10.3. The van der Waals surface area contributed by atoms with E-state index in [2.05, 4.69) is 26.0 Å². The van der Waals surface area contributed by atoms with Gasteiger partial charge in [0.2, 0.25) is 5.91 Å². The number of rotatable bonds is 6. The minimum atomic E-state index is -0.396. The smallest absolute Gasteiger partial charge is 0.320 e. The van der Waals surface area contributed by atoms with Crippen molar-refractivity contribution in [1.29, 1.82) is 0 Å². The largest absolute Gasteiger partial charge is 0.468 e. The van der Waals surface area contributed by atoms with Crippen molar-refractivity contribution in [3.8, 4) is 0 Å². The standard InChI is InChI=1S/C9H17BrN2O3/c1-4-12(6-8(13)11-2)5-7(10)9(14)15-3/h7H,4-6H2,1-3H3,(H,11,13). The number of hydrogen-bond acceptors (Lipinski definition) is 4. The molecule has 0 aliphatic carbocycles. The molecule has 0 aromatic heterocycles. The molecule has 6 heteroatoms. The van der Waals surface area contributed by atoms with Crippen molar-refractivity contribution in [2.24, 2.45) is 0 Å². The minimum absolute atomic E-state index is 0.0681. The van der Waals surface area contributed by atoms with E-state index in [1.165, 1.54) is 7.11 Å². The van der Waals surface area contributed by atoms with Crippen LogP contribution in [0.2, 0.25) is 0 Å². The van der Waals surface area contributed by atoms with E-state index in [4.69, 9.17) is 0 Å². The zero-order valence-electron chi connectivity index (χ0n) is 9.25. The van der Waals surface area contributed by atoms with E-state index in [0.717, 1.165) is 0 Å². The van der Waals surface area contributed by atoms with Gasteiger partial charge in [0.05, 0.1) is 13.7 Å². The lowest BCUT2D eigenvalue weighted by molar-refractivity contribution is -0.140. The van der Waals surface area contributed by atoms with Gasteiger partial charge in [-0.15, -0.1) is 0 Å². The summed E-state index contributed by atoms with van der Waals surface area (Å²) in [4.78, 5) is 23.7. The van der Waals surface area contributed by atoms with Crippen molar-refractivity contribution in [2.75, 3.05) is 33.8 Å². The molecular weight excluding hydrogens is 264 g/mol. The summed E-state index contributed by atoms with van der Waals surface area (Å²) >= 11 is 3.21. The second kappa shape index (κ2) is 7.64. The van der Waals surface area contributed by atoms with Gasteiger partial charge in [-0.2, -0.15) is 0 Å². The number of carbonyl (C=O) groups excluding carboxylic acids is 2. The lowest BCUT2D eigenvalue weighted by Crippen LogP contribution is -2.40. The summed E-state index contributed by atoms with van der Waals surface area (Å²) in [5.74, 6) is -0.397. The summed E-state index contributed by atoms with van der Waals surface area (Å²) < 4.78 is 4.58. The summed E-state index contributed by atoms with van der Waals surface area (Å²) in [6.45, 7) is 3.37. The lowest BCUT2D eigenvalue weighted by Gasteiger charge is -2.21. The van der Waals surface area contributed by atoms with Gasteiger partial charge in [0.25, 0.3) is 0 Å². The fraction of sp³-hybridized carbons (Fsp3) is 0.778.